The summed E-state index contributed by atoms with van der Waals surface area (Å²) in [5, 5.41) is 18.4. The molecule has 1 rings (SSSR count). The van der Waals surface area contributed by atoms with E-state index < -0.39 is 0 Å². The van der Waals surface area contributed by atoms with Crippen LogP contribution in [-0.4, -0.2) is 42.4 Å². The van der Waals surface area contributed by atoms with E-state index in [-0.39, 0.29) is 36.8 Å². The number of ketones is 1. The summed E-state index contributed by atoms with van der Waals surface area (Å²) in [7, 11) is 0. The second-order valence-corrected chi connectivity index (χ2v) is 6.03. The number of rotatable bonds is 8. The fraction of sp³-hybridized carbons (Fsp3) is 0.562. The summed E-state index contributed by atoms with van der Waals surface area (Å²) in [4.78, 5) is 12.1. The van der Waals surface area contributed by atoms with E-state index in [0.717, 1.165) is 0 Å². The number of ether oxygens (including phenoxy) is 2. The van der Waals surface area contributed by atoms with E-state index in [4.69, 9.17) is 14.6 Å². The highest BCUT2D eigenvalue weighted by Gasteiger charge is 2.18. The number of carbonyl (C=O) groups excluding carboxylic acids is 1. The molecule has 0 heterocycles. The number of hydrogen-bond acceptors (Lipinski definition) is 5. The highest BCUT2D eigenvalue weighted by Crippen LogP contribution is 2.29. The molecular weight excluding hydrogens is 272 g/mol. The Morgan fingerprint density at radius 1 is 1.19 bits per heavy atom. The summed E-state index contributed by atoms with van der Waals surface area (Å²) < 4.78 is 10.4. The molecule has 0 spiro atoms. The number of aliphatic hydroxyl groups excluding tert-OH is 1. The lowest BCUT2D eigenvalue weighted by Crippen LogP contribution is -2.13. The van der Waals surface area contributed by atoms with Gasteiger partial charge in [0.05, 0.1) is 19.8 Å². The highest BCUT2D eigenvalue weighted by molar-refractivity contribution is 5.97. The summed E-state index contributed by atoms with van der Waals surface area (Å²) in [6.07, 6.45) is 0.418. The zero-order valence-corrected chi connectivity index (χ0v) is 12.9. The van der Waals surface area contributed by atoms with Crippen molar-refractivity contribution in [2.24, 2.45) is 5.41 Å². The lowest BCUT2D eigenvalue weighted by atomic mass is 9.88. The van der Waals surface area contributed by atoms with E-state index in [1.807, 2.05) is 20.8 Å². The minimum Gasteiger partial charge on any atom is -0.504 e. The van der Waals surface area contributed by atoms with Gasteiger partial charge in [-0.25, -0.2) is 0 Å². The Hall–Kier alpha value is -1.59. The fourth-order valence-corrected chi connectivity index (χ4v) is 1.77. The molecule has 0 amide bonds. The molecule has 5 heteroatoms. The van der Waals surface area contributed by atoms with Crippen molar-refractivity contribution in [1.29, 1.82) is 0 Å². The molecule has 0 aromatic heterocycles. The van der Waals surface area contributed by atoms with Crippen molar-refractivity contribution < 1.29 is 24.5 Å². The second-order valence-electron chi connectivity index (χ2n) is 6.03. The molecule has 0 saturated heterocycles. The average molecular weight is 296 g/mol. The summed E-state index contributed by atoms with van der Waals surface area (Å²) >= 11 is 0. The van der Waals surface area contributed by atoms with E-state index in [9.17, 15) is 9.90 Å². The molecule has 0 bridgehead atoms. The van der Waals surface area contributed by atoms with Crippen LogP contribution in [0.4, 0.5) is 0 Å². The molecule has 0 radical (unpaired) electrons. The van der Waals surface area contributed by atoms with Crippen molar-refractivity contribution in [3.05, 3.63) is 23.8 Å². The zero-order valence-electron chi connectivity index (χ0n) is 12.9. The molecule has 21 heavy (non-hydrogen) atoms. The number of aromatic hydroxyl groups is 1. The SMILES string of the molecule is CC(C)(C)CC(=O)c1ccc(OCCOCCO)c(O)c1. The average Bonchev–Trinajstić information content (AvgIpc) is 2.38. The Balaban J connectivity index is 2.57. The smallest absolute Gasteiger partial charge is 0.163 e. The van der Waals surface area contributed by atoms with Gasteiger partial charge in [0.25, 0.3) is 0 Å². The Bertz CT molecular complexity index is 462. The van der Waals surface area contributed by atoms with Crippen LogP contribution in [0.1, 0.15) is 37.6 Å². The lowest BCUT2D eigenvalue weighted by molar-refractivity contribution is 0.0699. The van der Waals surface area contributed by atoms with Gasteiger partial charge in [-0.15, -0.1) is 0 Å². The van der Waals surface area contributed by atoms with Crippen LogP contribution in [0, 0.1) is 5.41 Å². The first kappa shape index (κ1) is 17.5. The molecule has 0 fully saturated rings. The van der Waals surface area contributed by atoms with Gasteiger partial charge in [-0.1, -0.05) is 20.8 Å². The summed E-state index contributed by atoms with van der Waals surface area (Å²) in [6, 6.07) is 4.66. The zero-order chi connectivity index (χ0) is 15.9. The number of phenolic OH excluding ortho intramolecular Hbond substituents is 1. The molecule has 0 unspecified atom stereocenters. The first-order chi connectivity index (χ1) is 9.83. The molecular formula is C16H24O5. The molecule has 5 nitrogen and oxygen atoms in total. The topological polar surface area (TPSA) is 76.0 Å². The minimum absolute atomic E-state index is 0.00405. The summed E-state index contributed by atoms with van der Waals surface area (Å²) in [5.74, 6) is 0.252. The molecule has 2 N–H and O–H groups in total. The van der Waals surface area contributed by atoms with Crippen molar-refractivity contribution >= 4 is 5.78 Å². The Labute approximate surface area is 125 Å². The van der Waals surface area contributed by atoms with E-state index in [1.54, 1.807) is 12.1 Å². The van der Waals surface area contributed by atoms with E-state index in [2.05, 4.69) is 0 Å². The first-order valence-corrected chi connectivity index (χ1v) is 7.01. The van der Waals surface area contributed by atoms with Gasteiger partial charge in [-0.2, -0.15) is 0 Å². The number of hydrogen-bond donors (Lipinski definition) is 2. The third-order valence-electron chi connectivity index (χ3n) is 2.69. The maximum atomic E-state index is 12.1. The van der Waals surface area contributed by atoms with Gasteiger partial charge in [-0.3, -0.25) is 4.79 Å². The largest absolute Gasteiger partial charge is 0.504 e. The Morgan fingerprint density at radius 3 is 2.48 bits per heavy atom. The van der Waals surface area contributed by atoms with Crippen molar-refractivity contribution in [3.8, 4) is 11.5 Å². The molecule has 0 saturated carbocycles. The van der Waals surface area contributed by atoms with Crippen LogP contribution in [0.25, 0.3) is 0 Å². The van der Waals surface area contributed by atoms with E-state index in [1.165, 1.54) is 6.07 Å². The quantitative estimate of drug-likeness (QED) is 0.569. The van der Waals surface area contributed by atoms with Crippen LogP contribution in [0.15, 0.2) is 18.2 Å². The highest BCUT2D eigenvalue weighted by atomic mass is 16.5. The molecule has 0 atom stereocenters. The van der Waals surface area contributed by atoms with Gasteiger partial charge in [-0.05, 0) is 23.6 Å². The van der Waals surface area contributed by atoms with Gasteiger partial charge >= 0.3 is 0 Å². The number of aliphatic hydroxyl groups is 1. The van der Waals surface area contributed by atoms with Gasteiger partial charge in [0.1, 0.15) is 6.61 Å². The van der Waals surface area contributed by atoms with Crippen LogP contribution in [0.2, 0.25) is 0 Å². The maximum Gasteiger partial charge on any atom is 0.163 e. The molecule has 118 valence electrons. The van der Waals surface area contributed by atoms with Crippen LogP contribution >= 0.6 is 0 Å². The summed E-state index contributed by atoms with van der Waals surface area (Å²) in [5.41, 5.74) is 0.387. The van der Waals surface area contributed by atoms with E-state index >= 15 is 0 Å². The fourth-order valence-electron chi connectivity index (χ4n) is 1.77. The molecule has 1 aromatic rings. The monoisotopic (exact) mass is 296 g/mol. The lowest BCUT2D eigenvalue weighted by Gasteiger charge is -2.17. The number of Topliss-reactive ketones (excluding diaryl/α,β-unsaturated/α-hetero) is 1. The molecule has 1 aromatic carbocycles. The van der Waals surface area contributed by atoms with Crippen molar-refractivity contribution in [2.75, 3.05) is 26.4 Å². The Morgan fingerprint density at radius 2 is 1.90 bits per heavy atom. The maximum absolute atomic E-state index is 12.1. The van der Waals surface area contributed by atoms with Crippen LogP contribution in [0.5, 0.6) is 11.5 Å². The minimum atomic E-state index is -0.0914. The molecule has 0 aliphatic rings. The summed E-state index contributed by atoms with van der Waals surface area (Å²) in [6.45, 7) is 6.80. The van der Waals surface area contributed by atoms with Gasteiger partial charge in [0.2, 0.25) is 0 Å². The number of carbonyl (C=O) groups is 1. The van der Waals surface area contributed by atoms with Crippen LogP contribution in [0.3, 0.4) is 0 Å². The van der Waals surface area contributed by atoms with Crippen LogP contribution in [-0.2, 0) is 4.74 Å². The predicted octanol–water partition coefficient (Wildman–Crippen LogP) is 2.40. The predicted molar refractivity (Wildman–Crippen MR) is 79.9 cm³/mol. The van der Waals surface area contributed by atoms with Gasteiger partial charge in [0.15, 0.2) is 17.3 Å². The van der Waals surface area contributed by atoms with Crippen molar-refractivity contribution in [3.63, 3.8) is 0 Å². The molecule has 0 aliphatic heterocycles. The van der Waals surface area contributed by atoms with E-state index in [0.29, 0.717) is 24.3 Å². The standard InChI is InChI=1S/C16H24O5/c1-16(2,3)11-14(19)12-4-5-15(13(18)10-12)21-9-8-20-7-6-17/h4-5,10,17-18H,6-9,11H2,1-3H3. The number of benzene rings is 1. The first-order valence-electron chi connectivity index (χ1n) is 7.01. The van der Waals surface area contributed by atoms with Crippen molar-refractivity contribution in [1.82, 2.24) is 0 Å². The van der Waals surface area contributed by atoms with Crippen LogP contribution < -0.4 is 4.74 Å². The van der Waals surface area contributed by atoms with Crippen molar-refractivity contribution in [2.45, 2.75) is 27.2 Å². The third kappa shape index (κ3) is 6.60. The third-order valence-corrected chi connectivity index (χ3v) is 2.69. The van der Waals surface area contributed by atoms with Gasteiger partial charge < -0.3 is 19.7 Å². The number of phenols is 1. The molecule has 0 aliphatic carbocycles. The van der Waals surface area contributed by atoms with Gasteiger partial charge in [0, 0.05) is 12.0 Å². The Kier molecular flexibility index (Phi) is 6.65. The normalized spacial score (nSPS) is 11.4. The second kappa shape index (κ2) is 8.00.